The van der Waals surface area contributed by atoms with Crippen molar-refractivity contribution >= 4 is 34.0 Å². The molecule has 2 amide bonds. The van der Waals surface area contributed by atoms with Gasteiger partial charge in [0.1, 0.15) is 5.75 Å². The lowest BCUT2D eigenvalue weighted by atomic mass is 10.2. The van der Waals surface area contributed by atoms with Crippen molar-refractivity contribution in [2.75, 3.05) is 20.2 Å². The number of benzene rings is 1. The first-order valence-corrected chi connectivity index (χ1v) is 7.37. The summed E-state index contributed by atoms with van der Waals surface area (Å²) < 4.78 is 6.05. The third-order valence-electron chi connectivity index (χ3n) is 3.15. The van der Waals surface area contributed by atoms with Crippen molar-refractivity contribution in [2.24, 2.45) is 5.10 Å². The molecule has 1 saturated heterocycles. The molecule has 1 aromatic rings. The lowest BCUT2D eigenvalue weighted by Gasteiger charge is -2.12. The molecule has 21 heavy (non-hydrogen) atoms. The summed E-state index contributed by atoms with van der Waals surface area (Å²) in [7, 11) is 1.55. The SMILES string of the molecule is COc1ccc(Br)cc1/C=N\NC(=O)C(=O)N1CCCC1. The largest absolute Gasteiger partial charge is 0.496 e. The van der Waals surface area contributed by atoms with Crippen LogP contribution >= 0.6 is 15.9 Å². The van der Waals surface area contributed by atoms with Gasteiger partial charge in [-0.3, -0.25) is 9.59 Å². The van der Waals surface area contributed by atoms with Crippen molar-refractivity contribution in [3.63, 3.8) is 0 Å². The summed E-state index contributed by atoms with van der Waals surface area (Å²) in [5, 5.41) is 3.81. The Labute approximate surface area is 131 Å². The van der Waals surface area contributed by atoms with E-state index < -0.39 is 11.8 Å². The van der Waals surface area contributed by atoms with Crippen molar-refractivity contribution in [3.05, 3.63) is 28.2 Å². The Kier molecular flexibility index (Phi) is 5.32. The van der Waals surface area contributed by atoms with E-state index in [1.165, 1.54) is 11.1 Å². The standard InChI is InChI=1S/C14H16BrN3O3/c1-21-12-5-4-11(15)8-10(12)9-16-17-13(19)14(20)18-6-2-3-7-18/h4-5,8-9H,2-3,6-7H2,1H3,(H,17,19)/b16-9-. The van der Waals surface area contributed by atoms with E-state index in [1.54, 1.807) is 19.2 Å². The molecular formula is C14H16BrN3O3. The third kappa shape index (κ3) is 4.04. The molecule has 6 nitrogen and oxygen atoms in total. The van der Waals surface area contributed by atoms with E-state index in [-0.39, 0.29) is 0 Å². The number of rotatable bonds is 3. The summed E-state index contributed by atoms with van der Waals surface area (Å²) in [5.41, 5.74) is 2.94. The number of carbonyl (C=O) groups is 2. The van der Waals surface area contributed by atoms with E-state index in [0.717, 1.165) is 17.3 Å². The average Bonchev–Trinajstić information content (AvgIpc) is 3.00. The molecular weight excluding hydrogens is 338 g/mol. The highest BCUT2D eigenvalue weighted by Crippen LogP contribution is 2.21. The summed E-state index contributed by atoms with van der Waals surface area (Å²) in [4.78, 5) is 25.0. The van der Waals surface area contributed by atoms with Gasteiger partial charge in [-0.1, -0.05) is 15.9 Å². The molecule has 1 aliphatic rings. The maximum Gasteiger partial charge on any atom is 0.329 e. The molecule has 7 heteroatoms. The molecule has 0 saturated carbocycles. The molecule has 0 bridgehead atoms. The number of methoxy groups -OCH3 is 1. The summed E-state index contributed by atoms with van der Waals surface area (Å²) in [6.45, 7) is 1.27. The van der Waals surface area contributed by atoms with E-state index in [4.69, 9.17) is 4.74 Å². The fraction of sp³-hybridized carbons (Fsp3) is 0.357. The number of nitrogens with one attached hydrogen (secondary N) is 1. The quantitative estimate of drug-likeness (QED) is 0.508. The van der Waals surface area contributed by atoms with Crippen LogP contribution < -0.4 is 10.2 Å². The fourth-order valence-corrected chi connectivity index (χ4v) is 2.46. The maximum atomic E-state index is 11.8. The van der Waals surface area contributed by atoms with Crippen molar-refractivity contribution in [2.45, 2.75) is 12.8 Å². The summed E-state index contributed by atoms with van der Waals surface area (Å²) in [6, 6.07) is 5.42. The van der Waals surface area contributed by atoms with Gasteiger partial charge in [-0.05, 0) is 31.0 Å². The molecule has 0 atom stereocenters. The lowest BCUT2D eigenvalue weighted by Crippen LogP contribution is -2.39. The van der Waals surface area contributed by atoms with Crippen LogP contribution in [0, 0.1) is 0 Å². The number of hydrogen-bond donors (Lipinski definition) is 1. The van der Waals surface area contributed by atoms with Crippen molar-refractivity contribution in [3.8, 4) is 5.75 Å². The number of hydrogen-bond acceptors (Lipinski definition) is 4. The molecule has 112 valence electrons. The Morgan fingerprint density at radius 2 is 2.10 bits per heavy atom. The number of carbonyl (C=O) groups excluding carboxylic acids is 2. The highest BCUT2D eigenvalue weighted by Gasteiger charge is 2.23. The zero-order chi connectivity index (χ0) is 15.2. The number of amides is 2. The van der Waals surface area contributed by atoms with Crippen LogP contribution in [0.2, 0.25) is 0 Å². The second-order valence-electron chi connectivity index (χ2n) is 4.58. The summed E-state index contributed by atoms with van der Waals surface area (Å²) >= 11 is 3.35. The molecule has 0 unspecified atom stereocenters. The average molecular weight is 354 g/mol. The molecule has 0 radical (unpaired) electrons. The molecule has 0 aromatic heterocycles. The Morgan fingerprint density at radius 3 is 2.76 bits per heavy atom. The molecule has 1 aromatic carbocycles. The first-order chi connectivity index (χ1) is 10.1. The lowest BCUT2D eigenvalue weighted by molar-refractivity contribution is -0.145. The Balaban J connectivity index is 1.97. The molecule has 0 aliphatic carbocycles. The van der Waals surface area contributed by atoms with E-state index in [1.807, 2.05) is 6.07 Å². The second kappa shape index (κ2) is 7.21. The van der Waals surface area contributed by atoms with E-state index in [2.05, 4.69) is 26.5 Å². The molecule has 1 N–H and O–H groups in total. The van der Waals surface area contributed by atoms with Gasteiger partial charge >= 0.3 is 11.8 Å². The normalized spacial score (nSPS) is 14.5. The van der Waals surface area contributed by atoms with E-state index >= 15 is 0 Å². The van der Waals surface area contributed by atoms with Crippen molar-refractivity contribution < 1.29 is 14.3 Å². The van der Waals surface area contributed by atoms with Gasteiger partial charge < -0.3 is 9.64 Å². The fourth-order valence-electron chi connectivity index (χ4n) is 2.08. The van der Waals surface area contributed by atoms with Gasteiger partial charge in [-0.25, -0.2) is 5.43 Å². The van der Waals surface area contributed by atoms with Crippen LogP contribution in [0.15, 0.2) is 27.8 Å². The summed E-state index contributed by atoms with van der Waals surface area (Å²) in [6.07, 6.45) is 3.33. The number of nitrogens with zero attached hydrogens (tertiary/aromatic N) is 2. The van der Waals surface area contributed by atoms with Crippen LogP contribution in [0.5, 0.6) is 5.75 Å². The van der Waals surface area contributed by atoms with Crippen LogP contribution in [0.3, 0.4) is 0 Å². The molecule has 0 spiro atoms. The molecule has 2 rings (SSSR count). The van der Waals surface area contributed by atoms with Crippen molar-refractivity contribution in [1.29, 1.82) is 0 Å². The van der Waals surface area contributed by atoms with E-state index in [0.29, 0.717) is 24.4 Å². The topological polar surface area (TPSA) is 71.0 Å². The minimum Gasteiger partial charge on any atom is -0.496 e. The highest BCUT2D eigenvalue weighted by atomic mass is 79.9. The van der Waals surface area contributed by atoms with Crippen LogP contribution in [-0.4, -0.2) is 43.1 Å². The Morgan fingerprint density at radius 1 is 1.38 bits per heavy atom. The summed E-state index contributed by atoms with van der Waals surface area (Å²) in [5.74, 6) is -0.630. The van der Waals surface area contributed by atoms with Gasteiger partial charge in [-0.15, -0.1) is 0 Å². The minimum atomic E-state index is -0.720. The number of halogens is 1. The predicted molar refractivity (Wildman–Crippen MR) is 82.2 cm³/mol. The zero-order valence-corrected chi connectivity index (χ0v) is 13.2. The first-order valence-electron chi connectivity index (χ1n) is 6.57. The van der Waals surface area contributed by atoms with Crippen LogP contribution in [0.25, 0.3) is 0 Å². The van der Waals surface area contributed by atoms with Gasteiger partial charge in [0.05, 0.1) is 13.3 Å². The first kappa shape index (κ1) is 15.5. The van der Waals surface area contributed by atoms with Crippen LogP contribution in [-0.2, 0) is 9.59 Å². The molecule has 1 aliphatic heterocycles. The minimum absolute atomic E-state index is 0.536. The van der Waals surface area contributed by atoms with Crippen LogP contribution in [0.1, 0.15) is 18.4 Å². The molecule has 1 heterocycles. The van der Waals surface area contributed by atoms with Gasteiger partial charge in [0.25, 0.3) is 0 Å². The smallest absolute Gasteiger partial charge is 0.329 e. The number of hydrazone groups is 1. The van der Waals surface area contributed by atoms with E-state index in [9.17, 15) is 9.59 Å². The molecule has 1 fully saturated rings. The third-order valence-corrected chi connectivity index (χ3v) is 3.64. The van der Waals surface area contributed by atoms with Crippen molar-refractivity contribution in [1.82, 2.24) is 10.3 Å². The number of ether oxygens (including phenoxy) is 1. The zero-order valence-electron chi connectivity index (χ0n) is 11.6. The Bertz CT molecular complexity index is 569. The van der Waals surface area contributed by atoms with Gasteiger partial charge in [-0.2, -0.15) is 5.10 Å². The predicted octanol–water partition coefficient (Wildman–Crippen LogP) is 1.53. The van der Waals surface area contributed by atoms with Gasteiger partial charge in [0, 0.05) is 23.1 Å². The number of likely N-dealkylation sites (tertiary alicyclic amines) is 1. The highest BCUT2D eigenvalue weighted by molar-refractivity contribution is 9.10. The van der Waals surface area contributed by atoms with Crippen LogP contribution in [0.4, 0.5) is 0 Å². The second-order valence-corrected chi connectivity index (χ2v) is 5.50. The van der Waals surface area contributed by atoms with Gasteiger partial charge in [0.2, 0.25) is 0 Å². The van der Waals surface area contributed by atoms with Gasteiger partial charge in [0.15, 0.2) is 0 Å². The Hall–Kier alpha value is -1.89. The monoisotopic (exact) mass is 353 g/mol. The maximum absolute atomic E-state index is 11.8.